The molecular weight excluding hydrogens is 931 g/mol. The van der Waals surface area contributed by atoms with E-state index in [4.69, 9.17) is 10.5 Å². The highest BCUT2D eigenvalue weighted by Crippen LogP contribution is 2.44. The van der Waals surface area contributed by atoms with Crippen molar-refractivity contribution in [1.82, 2.24) is 36.9 Å². The highest BCUT2D eigenvalue weighted by atomic mass is 32.1. The Morgan fingerprint density at radius 1 is 0.817 bits per heavy atom. The van der Waals surface area contributed by atoms with Crippen LogP contribution in [0.2, 0.25) is 0 Å². The lowest BCUT2D eigenvalue weighted by atomic mass is 9.98. The van der Waals surface area contributed by atoms with E-state index in [0.29, 0.717) is 26.7 Å². The SMILES string of the molecule is C[C@@H]1NC(=O)[C@H](C)NC(=O)[C@@H](NC(=O)OCC2c3ccccc3-c3ccccc32)Cc2ccc(O)c(c2)Cc2cnc(s2)NCC(=O)NC[C@@H](C(=O)N[C@@H](Cc2ccccc2)C(N)=O)NC(=O)CCC1=O. The zero-order valence-electron chi connectivity index (χ0n) is 39.0. The van der Waals surface area contributed by atoms with Gasteiger partial charge < -0.3 is 52.8 Å². The lowest BCUT2D eigenvalue weighted by Crippen LogP contribution is -2.57. The molecule has 1 aliphatic carbocycles. The first-order valence-corrected chi connectivity index (χ1v) is 23.9. The van der Waals surface area contributed by atoms with Crippen LogP contribution in [0.1, 0.15) is 65.3 Å². The molecule has 4 aromatic carbocycles. The summed E-state index contributed by atoms with van der Waals surface area (Å²) < 4.78 is 5.78. The summed E-state index contributed by atoms with van der Waals surface area (Å²) >= 11 is 1.21. The van der Waals surface area contributed by atoms with Crippen LogP contribution in [-0.2, 0) is 57.6 Å². The van der Waals surface area contributed by atoms with Crippen LogP contribution in [-0.4, -0.2) is 107 Å². The van der Waals surface area contributed by atoms with Crippen LogP contribution in [0.15, 0.2) is 103 Å². The molecule has 0 saturated carbocycles. The highest BCUT2D eigenvalue weighted by Gasteiger charge is 2.32. The summed E-state index contributed by atoms with van der Waals surface area (Å²) in [5, 5.41) is 29.7. The number of aromatic hydroxyl groups is 1. The highest BCUT2D eigenvalue weighted by molar-refractivity contribution is 7.15. The lowest BCUT2D eigenvalue weighted by Gasteiger charge is -2.23. The number of phenols is 1. The van der Waals surface area contributed by atoms with Gasteiger partial charge in [-0.1, -0.05) is 91.0 Å². The number of hydrogen-bond acceptors (Lipinski definition) is 13. The van der Waals surface area contributed by atoms with Crippen molar-refractivity contribution in [3.63, 3.8) is 0 Å². The molecule has 2 heterocycles. The Kier molecular flexibility index (Phi) is 16.8. The van der Waals surface area contributed by atoms with Gasteiger partial charge in [0.1, 0.15) is 36.5 Å². The van der Waals surface area contributed by atoms with Gasteiger partial charge in [-0.05, 0) is 58.9 Å². The molecule has 4 bridgehead atoms. The molecule has 0 spiro atoms. The first kappa shape index (κ1) is 50.7. The number of alkyl carbamates (subject to hydrolysis) is 1. The van der Waals surface area contributed by atoms with E-state index in [9.17, 15) is 43.5 Å². The molecule has 0 saturated heterocycles. The number of nitrogens with zero attached hydrogens (tertiary/aromatic N) is 1. The van der Waals surface area contributed by atoms with Crippen molar-refractivity contribution in [1.29, 1.82) is 0 Å². The van der Waals surface area contributed by atoms with E-state index in [1.807, 2.05) is 48.5 Å². The van der Waals surface area contributed by atoms with Crippen LogP contribution in [0.5, 0.6) is 5.75 Å². The molecule has 370 valence electrons. The second kappa shape index (κ2) is 23.5. The lowest BCUT2D eigenvalue weighted by molar-refractivity contribution is -0.133. The number of ketones is 1. The molecule has 2 aliphatic rings. The third-order valence-corrected chi connectivity index (χ3v) is 13.1. The molecule has 1 aliphatic heterocycles. The summed E-state index contributed by atoms with van der Waals surface area (Å²) in [6.45, 7) is 2.10. The molecule has 5 atom stereocenters. The van der Waals surface area contributed by atoms with Crippen molar-refractivity contribution in [2.24, 2.45) is 5.73 Å². The average Bonchev–Trinajstić information content (AvgIpc) is 3.95. The van der Waals surface area contributed by atoms with Gasteiger partial charge in [-0.3, -0.25) is 33.6 Å². The number of benzene rings is 4. The van der Waals surface area contributed by atoms with Crippen molar-refractivity contribution in [2.75, 3.05) is 25.0 Å². The maximum atomic E-state index is 14.0. The van der Waals surface area contributed by atoms with Gasteiger partial charge in [0.2, 0.25) is 35.4 Å². The van der Waals surface area contributed by atoms with Gasteiger partial charge >= 0.3 is 6.09 Å². The molecule has 7 rings (SSSR count). The maximum absolute atomic E-state index is 14.0. The predicted octanol–water partition coefficient (Wildman–Crippen LogP) is 2.49. The van der Waals surface area contributed by atoms with E-state index in [0.717, 1.165) is 22.3 Å². The van der Waals surface area contributed by atoms with Gasteiger partial charge in [0, 0.05) is 55.6 Å². The minimum Gasteiger partial charge on any atom is -0.508 e. The van der Waals surface area contributed by atoms with Gasteiger partial charge in [-0.2, -0.15) is 0 Å². The van der Waals surface area contributed by atoms with Gasteiger partial charge in [-0.25, -0.2) is 9.78 Å². The number of anilines is 1. The molecule has 20 heteroatoms. The number of primary amides is 1. The zero-order chi connectivity index (χ0) is 50.6. The molecule has 5 aromatic rings. The van der Waals surface area contributed by atoms with Crippen molar-refractivity contribution < 1.29 is 48.2 Å². The quantitative estimate of drug-likeness (QED) is 0.108. The third kappa shape index (κ3) is 13.6. The fraction of sp³-hybridized carbons (Fsp3) is 0.314. The van der Waals surface area contributed by atoms with Crippen molar-refractivity contribution >= 4 is 63.8 Å². The third-order valence-electron chi connectivity index (χ3n) is 12.1. The number of carbonyl (C=O) groups is 8. The Balaban J connectivity index is 1.07. The summed E-state index contributed by atoms with van der Waals surface area (Å²) in [4.78, 5) is 112. The zero-order valence-corrected chi connectivity index (χ0v) is 39.8. The summed E-state index contributed by atoms with van der Waals surface area (Å²) in [6, 6.07) is 23.1. The molecule has 1 aromatic heterocycles. The van der Waals surface area contributed by atoms with E-state index in [2.05, 4.69) is 42.2 Å². The number of nitrogens with one attached hydrogen (secondary N) is 7. The second-order valence-corrected chi connectivity index (χ2v) is 18.5. The van der Waals surface area contributed by atoms with Gasteiger partial charge in [0.15, 0.2) is 10.9 Å². The number of rotatable bonds is 8. The smallest absolute Gasteiger partial charge is 0.407 e. The monoisotopic (exact) mass is 985 g/mol. The number of aromatic nitrogens is 1. The first-order valence-electron chi connectivity index (χ1n) is 23.1. The Morgan fingerprint density at radius 2 is 1.49 bits per heavy atom. The second-order valence-electron chi connectivity index (χ2n) is 17.4. The maximum Gasteiger partial charge on any atom is 0.407 e. The topological polar surface area (TPSA) is 289 Å². The van der Waals surface area contributed by atoms with Gasteiger partial charge in [0.05, 0.1) is 12.6 Å². The Labute approximate surface area is 413 Å². The largest absolute Gasteiger partial charge is 0.508 e. The molecule has 7 amide bonds. The number of nitrogens with two attached hydrogens (primary N) is 1. The average molecular weight is 986 g/mol. The molecular formula is C51H55N9O10S. The van der Waals surface area contributed by atoms with Gasteiger partial charge in [0.25, 0.3) is 0 Å². The fourth-order valence-corrected chi connectivity index (χ4v) is 9.13. The first-order chi connectivity index (χ1) is 34.1. The fourth-order valence-electron chi connectivity index (χ4n) is 8.30. The molecule has 10 N–H and O–H groups in total. The number of Topliss-reactive ketones (excluding diaryl/α,β-unsaturated/α-hetero) is 1. The standard InChI is InChI=1S/C51H55N9O10S/c1-28-42(61)18-19-44(63)58-41(49(68)59-39(46(52)65)21-30-10-4-3-5-11-30)25-53-45(64)26-55-50-54-24-33(71-50)23-32-20-31(16-17-43(32)62)22-40(48(67)57-29(2)47(66)56-28)60-51(69)70-27-38-36-14-8-6-12-34(36)35-13-7-9-15-37(35)38/h3-17,20,24,28-29,38-41,62H,18-19,21-23,25-27H2,1-2H3,(H2,52,65)(H,53,64)(H,54,55)(H,56,66)(H,57,67)(H,58,63)(H,59,68)(H,60,69)/t28-,29-,39-,40-,41-/m0/s1. The van der Waals surface area contributed by atoms with Crippen LogP contribution in [0.4, 0.5) is 9.93 Å². The minimum atomic E-state index is -1.41. The van der Waals surface area contributed by atoms with E-state index >= 15 is 0 Å². The Bertz CT molecular complexity index is 2760. The summed E-state index contributed by atoms with van der Waals surface area (Å²) in [5.41, 5.74) is 11.4. The molecule has 0 radical (unpaired) electrons. The minimum absolute atomic E-state index is 0.0250. The van der Waals surface area contributed by atoms with E-state index in [1.54, 1.807) is 48.7 Å². The Hall–Kier alpha value is -8.13. The van der Waals surface area contributed by atoms with E-state index in [-0.39, 0.29) is 50.5 Å². The number of amides is 7. The molecule has 71 heavy (non-hydrogen) atoms. The number of carbonyl (C=O) groups excluding carboxylic acids is 8. The molecule has 0 unspecified atom stereocenters. The Morgan fingerprint density at radius 3 is 2.20 bits per heavy atom. The number of ether oxygens (including phenoxy) is 1. The van der Waals surface area contributed by atoms with E-state index < -0.39 is 90.5 Å². The normalized spacial score (nSPS) is 19.8. The van der Waals surface area contributed by atoms with Crippen LogP contribution in [0.3, 0.4) is 0 Å². The molecule has 0 fully saturated rings. The van der Waals surface area contributed by atoms with Crippen molar-refractivity contribution in [3.8, 4) is 16.9 Å². The molecule has 19 nitrogen and oxygen atoms in total. The van der Waals surface area contributed by atoms with Crippen molar-refractivity contribution in [2.45, 2.75) is 82.1 Å². The summed E-state index contributed by atoms with van der Waals surface area (Å²) in [6.07, 6.45) is 0.0738. The number of hydrogen-bond donors (Lipinski definition) is 9. The summed E-state index contributed by atoms with van der Waals surface area (Å²) in [7, 11) is 0. The van der Waals surface area contributed by atoms with Crippen molar-refractivity contribution in [3.05, 3.63) is 136 Å². The number of phenolic OH excluding ortho intramolecular Hbond substituents is 1. The number of thiazole rings is 1. The van der Waals surface area contributed by atoms with Crippen LogP contribution < -0.4 is 43.0 Å². The van der Waals surface area contributed by atoms with E-state index in [1.165, 1.54) is 31.3 Å². The van der Waals surface area contributed by atoms with Gasteiger partial charge in [-0.15, -0.1) is 11.3 Å². The summed E-state index contributed by atoms with van der Waals surface area (Å²) in [5.74, 6) is -5.29. The van der Waals surface area contributed by atoms with Crippen LogP contribution in [0.25, 0.3) is 11.1 Å². The predicted molar refractivity (Wildman–Crippen MR) is 263 cm³/mol. The van der Waals surface area contributed by atoms with Crippen LogP contribution in [0, 0.1) is 0 Å². The number of fused-ring (bicyclic) bond motifs is 7. The van der Waals surface area contributed by atoms with Crippen LogP contribution >= 0.6 is 11.3 Å².